The van der Waals surface area contributed by atoms with E-state index < -0.39 is 45.8 Å². The predicted molar refractivity (Wildman–Crippen MR) is 53.1 cm³/mol. The van der Waals surface area contributed by atoms with Gasteiger partial charge in [0.05, 0.1) is 22.0 Å². The third-order valence-corrected chi connectivity index (χ3v) is 2.42. The van der Waals surface area contributed by atoms with Gasteiger partial charge in [-0.2, -0.15) is 26.3 Å². The van der Waals surface area contributed by atoms with Gasteiger partial charge in [0.2, 0.25) is 0 Å². The number of nitrogens with one attached hydrogen (secondary N) is 1. The molecule has 20 heavy (non-hydrogen) atoms. The SMILES string of the molecule is O=c1[nH]c2ccc(C(F)(F)F)c(C(F)(F)F)c2c(=O)o1. The minimum Gasteiger partial charge on any atom is -0.372 e. The number of aromatic nitrogens is 1. The molecule has 0 aliphatic heterocycles. The number of fused-ring (bicyclic) bond motifs is 1. The number of halogens is 6. The van der Waals surface area contributed by atoms with Gasteiger partial charge in [0, 0.05) is 0 Å². The summed E-state index contributed by atoms with van der Waals surface area (Å²) in [6, 6.07) is 0.701. The Labute approximate surface area is 104 Å². The van der Waals surface area contributed by atoms with Crippen molar-refractivity contribution in [2.24, 2.45) is 0 Å². The van der Waals surface area contributed by atoms with Gasteiger partial charge < -0.3 is 4.42 Å². The van der Waals surface area contributed by atoms with Crippen molar-refractivity contribution in [3.8, 4) is 0 Å². The van der Waals surface area contributed by atoms with Crippen molar-refractivity contribution < 1.29 is 30.8 Å². The van der Waals surface area contributed by atoms with E-state index in [1.54, 1.807) is 4.98 Å². The summed E-state index contributed by atoms with van der Waals surface area (Å²) in [5, 5.41) is -1.37. The van der Waals surface area contributed by atoms with Gasteiger partial charge in [-0.25, -0.2) is 9.59 Å². The highest BCUT2D eigenvalue weighted by Crippen LogP contribution is 2.42. The molecule has 2 aromatic rings. The number of benzene rings is 1. The monoisotopic (exact) mass is 299 g/mol. The van der Waals surface area contributed by atoms with Gasteiger partial charge in [-0.05, 0) is 12.1 Å². The van der Waals surface area contributed by atoms with Crippen LogP contribution in [0.1, 0.15) is 11.1 Å². The number of hydrogen-bond acceptors (Lipinski definition) is 3. The van der Waals surface area contributed by atoms with Crippen molar-refractivity contribution in [2.75, 3.05) is 0 Å². The van der Waals surface area contributed by atoms with Crippen LogP contribution < -0.4 is 11.4 Å². The second-order valence-corrected chi connectivity index (χ2v) is 3.71. The van der Waals surface area contributed by atoms with Crippen molar-refractivity contribution in [2.45, 2.75) is 12.4 Å². The zero-order valence-corrected chi connectivity index (χ0v) is 9.15. The summed E-state index contributed by atoms with van der Waals surface area (Å²) in [5.74, 6) is -1.37. The summed E-state index contributed by atoms with van der Waals surface area (Å²) >= 11 is 0. The van der Waals surface area contributed by atoms with E-state index >= 15 is 0 Å². The fraction of sp³-hybridized carbons (Fsp3) is 0.200. The average molecular weight is 299 g/mol. The van der Waals surface area contributed by atoms with Gasteiger partial charge in [-0.3, -0.25) is 4.98 Å². The minimum atomic E-state index is -5.45. The largest absolute Gasteiger partial charge is 0.419 e. The lowest BCUT2D eigenvalue weighted by atomic mass is 10.0. The van der Waals surface area contributed by atoms with Crippen LogP contribution in [-0.4, -0.2) is 4.98 Å². The summed E-state index contributed by atoms with van der Waals surface area (Å²) in [5.41, 5.74) is -6.70. The van der Waals surface area contributed by atoms with E-state index in [4.69, 9.17) is 0 Å². The predicted octanol–water partition coefficient (Wildman–Crippen LogP) is 2.52. The molecular weight excluding hydrogens is 296 g/mol. The Morgan fingerprint density at radius 1 is 0.950 bits per heavy atom. The van der Waals surface area contributed by atoms with Crippen LogP contribution in [0.5, 0.6) is 0 Å². The summed E-state index contributed by atoms with van der Waals surface area (Å²) in [6.45, 7) is 0. The van der Waals surface area contributed by atoms with Gasteiger partial charge in [0.15, 0.2) is 0 Å². The molecular formula is C10H3F6NO3. The number of H-pyrrole nitrogens is 1. The lowest BCUT2D eigenvalue weighted by molar-refractivity contribution is -0.161. The molecule has 1 N–H and O–H groups in total. The standard InChI is InChI=1S/C10H3F6NO3/c11-9(12,13)3-1-2-4-5(6(3)10(14,15)16)7(18)20-8(19)17-4/h1-2H,(H,17,19). The first-order chi connectivity index (χ1) is 9.01. The van der Waals surface area contributed by atoms with E-state index in [1.807, 2.05) is 0 Å². The van der Waals surface area contributed by atoms with Gasteiger partial charge >= 0.3 is 23.7 Å². The molecule has 0 spiro atoms. The molecule has 1 aromatic heterocycles. The second kappa shape index (κ2) is 4.12. The van der Waals surface area contributed by atoms with Crippen molar-refractivity contribution in [1.29, 1.82) is 0 Å². The third kappa shape index (κ3) is 2.28. The number of rotatable bonds is 0. The summed E-state index contributed by atoms with van der Waals surface area (Å²) in [4.78, 5) is 23.8. The maximum atomic E-state index is 12.8. The van der Waals surface area contributed by atoms with Gasteiger partial charge in [0.25, 0.3) is 0 Å². The average Bonchev–Trinajstić information content (AvgIpc) is 2.24. The number of aromatic amines is 1. The molecule has 0 amide bonds. The van der Waals surface area contributed by atoms with Crippen LogP contribution in [0.3, 0.4) is 0 Å². The highest BCUT2D eigenvalue weighted by atomic mass is 19.4. The van der Waals surface area contributed by atoms with Crippen LogP contribution in [-0.2, 0) is 12.4 Å². The Hall–Kier alpha value is -2.26. The molecule has 1 heterocycles. The highest BCUT2D eigenvalue weighted by Gasteiger charge is 2.45. The van der Waals surface area contributed by atoms with Gasteiger partial charge in [0.1, 0.15) is 0 Å². The fourth-order valence-corrected chi connectivity index (χ4v) is 1.72. The van der Waals surface area contributed by atoms with Crippen molar-refractivity contribution in [3.05, 3.63) is 44.2 Å². The van der Waals surface area contributed by atoms with Crippen LogP contribution in [0.15, 0.2) is 26.1 Å². The van der Waals surface area contributed by atoms with Crippen LogP contribution in [0.4, 0.5) is 26.3 Å². The molecule has 2 rings (SSSR count). The topological polar surface area (TPSA) is 63.1 Å². The molecule has 108 valence electrons. The van der Waals surface area contributed by atoms with Crippen molar-refractivity contribution in [3.63, 3.8) is 0 Å². The second-order valence-electron chi connectivity index (χ2n) is 3.71. The molecule has 0 fully saturated rings. The Balaban J connectivity index is 3.08. The summed E-state index contributed by atoms with van der Waals surface area (Å²) < 4.78 is 80.1. The smallest absolute Gasteiger partial charge is 0.372 e. The molecule has 4 nitrogen and oxygen atoms in total. The number of hydrogen-bond donors (Lipinski definition) is 1. The van der Waals surface area contributed by atoms with E-state index in [1.165, 1.54) is 0 Å². The molecule has 10 heteroatoms. The van der Waals surface area contributed by atoms with Crippen molar-refractivity contribution >= 4 is 10.9 Å². The van der Waals surface area contributed by atoms with Crippen molar-refractivity contribution in [1.82, 2.24) is 4.98 Å². The van der Waals surface area contributed by atoms with E-state index in [0.717, 1.165) is 0 Å². The summed E-state index contributed by atoms with van der Waals surface area (Å²) in [7, 11) is 0. The van der Waals surface area contributed by atoms with Crippen LogP contribution in [0, 0.1) is 0 Å². The van der Waals surface area contributed by atoms with Gasteiger partial charge in [-0.15, -0.1) is 0 Å². The molecule has 0 aliphatic carbocycles. The lowest BCUT2D eigenvalue weighted by Gasteiger charge is -2.16. The summed E-state index contributed by atoms with van der Waals surface area (Å²) in [6.07, 6.45) is -10.8. The molecule has 0 aliphatic rings. The van der Waals surface area contributed by atoms with Crippen LogP contribution >= 0.6 is 0 Å². The maximum Gasteiger partial charge on any atom is 0.419 e. The molecule has 0 atom stereocenters. The van der Waals surface area contributed by atoms with E-state index in [2.05, 4.69) is 4.42 Å². The Kier molecular flexibility index (Phi) is 2.91. The van der Waals surface area contributed by atoms with E-state index in [9.17, 15) is 35.9 Å². The zero-order valence-electron chi connectivity index (χ0n) is 9.15. The Morgan fingerprint density at radius 2 is 1.55 bits per heavy atom. The Morgan fingerprint density at radius 3 is 2.05 bits per heavy atom. The molecule has 0 radical (unpaired) electrons. The van der Waals surface area contributed by atoms with E-state index in [0.29, 0.717) is 6.07 Å². The minimum absolute atomic E-state index is 0.139. The third-order valence-electron chi connectivity index (χ3n) is 2.42. The first kappa shape index (κ1) is 14.2. The number of alkyl halides is 6. The maximum absolute atomic E-state index is 12.8. The molecule has 1 aromatic carbocycles. The molecule has 0 saturated heterocycles. The molecule has 0 unspecified atom stereocenters. The first-order valence-corrected chi connectivity index (χ1v) is 4.86. The quantitative estimate of drug-likeness (QED) is 0.760. The van der Waals surface area contributed by atoms with Gasteiger partial charge in [-0.1, -0.05) is 0 Å². The molecule has 0 bridgehead atoms. The van der Waals surface area contributed by atoms with Crippen LogP contribution in [0.2, 0.25) is 0 Å². The Bertz CT molecular complexity index is 783. The molecule has 0 saturated carbocycles. The highest BCUT2D eigenvalue weighted by molar-refractivity contribution is 5.82. The zero-order chi connectivity index (χ0) is 15.3. The lowest BCUT2D eigenvalue weighted by Crippen LogP contribution is -2.23. The fourth-order valence-electron chi connectivity index (χ4n) is 1.72. The van der Waals surface area contributed by atoms with Crippen LogP contribution in [0.25, 0.3) is 10.9 Å². The first-order valence-electron chi connectivity index (χ1n) is 4.86. The normalized spacial score (nSPS) is 12.9. The van der Waals surface area contributed by atoms with E-state index in [-0.39, 0.29) is 6.07 Å².